The molecule has 32 heavy (non-hydrogen) atoms. The molecule has 2 aliphatic rings. The van der Waals surface area contributed by atoms with Crippen molar-refractivity contribution in [1.29, 1.82) is 0 Å². The molecule has 1 aromatic heterocycles. The van der Waals surface area contributed by atoms with Crippen LogP contribution in [-0.4, -0.2) is 34.1 Å². The molecule has 3 heterocycles. The monoisotopic (exact) mass is 468 g/mol. The summed E-state index contributed by atoms with van der Waals surface area (Å²) >= 11 is 11.4. The van der Waals surface area contributed by atoms with Gasteiger partial charge in [-0.1, -0.05) is 24.1 Å². The van der Waals surface area contributed by atoms with Crippen molar-refractivity contribution < 1.29 is 4.39 Å². The lowest BCUT2D eigenvalue weighted by Crippen LogP contribution is -2.38. The second-order valence-electron chi connectivity index (χ2n) is 8.61. The van der Waals surface area contributed by atoms with Crippen LogP contribution < -0.4 is 10.6 Å². The Balaban J connectivity index is 1.34. The van der Waals surface area contributed by atoms with Crippen LogP contribution in [0.5, 0.6) is 0 Å². The Hall–Kier alpha value is -2.41. The van der Waals surface area contributed by atoms with Gasteiger partial charge in [-0.15, -0.1) is 0 Å². The molecule has 0 saturated carbocycles. The molecule has 1 atom stereocenters. The largest absolute Gasteiger partial charge is 0.361 e. The van der Waals surface area contributed by atoms with Gasteiger partial charge in [0, 0.05) is 51.6 Å². The number of nitrogens with one attached hydrogen (secondary N) is 3. The molecule has 0 bridgehead atoms. The van der Waals surface area contributed by atoms with Crippen LogP contribution in [0.15, 0.2) is 48.7 Å². The maximum atomic E-state index is 13.6. The highest BCUT2D eigenvalue weighted by atomic mass is 35.5. The van der Waals surface area contributed by atoms with Crippen LogP contribution in [0.25, 0.3) is 16.5 Å². The topological polar surface area (TPSA) is 43.1 Å². The van der Waals surface area contributed by atoms with Crippen molar-refractivity contribution in [3.05, 3.63) is 65.1 Å². The van der Waals surface area contributed by atoms with E-state index in [9.17, 15) is 4.39 Å². The molecule has 5 rings (SSSR count). The van der Waals surface area contributed by atoms with Crippen molar-refractivity contribution in [2.45, 2.75) is 38.1 Å². The molecule has 7 heteroatoms. The van der Waals surface area contributed by atoms with E-state index in [0.717, 1.165) is 30.2 Å². The fraction of sp³-hybridized carbons (Fsp3) is 0.320. The van der Waals surface area contributed by atoms with E-state index in [1.54, 1.807) is 6.07 Å². The Kier molecular flexibility index (Phi) is 6.17. The lowest BCUT2D eigenvalue weighted by atomic mass is 9.95. The minimum atomic E-state index is -0.408. The van der Waals surface area contributed by atoms with Gasteiger partial charge in [0.25, 0.3) is 0 Å². The Morgan fingerprint density at radius 2 is 1.97 bits per heavy atom. The molecule has 3 aromatic rings. The molecule has 166 valence electrons. The van der Waals surface area contributed by atoms with E-state index in [0.29, 0.717) is 15.8 Å². The van der Waals surface area contributed by atoms with Crippen molar-refractivity contribution in [2.24, 2.45) is 0 Å². The van der Waals surface area contributed by atoms with E-state index in [1.165, 1.54) is 60.9 Å². The minimum absolute atomic E-state index is 0.321. The first-order valence-corrected chi connectivity index (χ1v) is 11.9. The number of fused-ring (bicyclic) bond motifs is 2. The van der Waals surface area contributed by atoms with Crippen LogP contribution in [-0.2, 0) is 0 Å². The molecule has 4 nitrogen and oxygen atoms in total. The van der Waals surface area contributed by atoms with Crippen LogP contribution >= 0.6 is 23.8 Å². The van der Waals surface area contributed by atoms with Crippen molar-refractivity contribution in [3.63, 3.8) is 0 Å². The van der Waals surface area contributed by atoms with E-state index >= 15 is 0 Å². The van der Waals surface area contributed by atoms with Crippen molar-refractivity contribution in [2.75, 3.05) is 23.7 Å². The van der Waals surface area contributed by atoms with Crippen LogP contribution in [0.3, 0.4) is 0 Å². The number of allylic oxidation sites excluding steroid dienone is 1. The van der Waals surface area contributed by atoms with E-state index < -0.39 is 5.82 Å². The average molecular weight is 469 g/mol. The molecule has 1 saturated heterocycles. The molecule has 1 unspecified atom stereocenters. The zero-order chi connectivity index (χ0) is 22.1. The first-order valence-electron chi connectivity index (χ1n) is 11.1. The van der Waals surface area contributed by atoms with Crippen LogP contribution in [0.2, 0.25) is 5.02 Å². The summed E-state index contributed by atoms with van der Waals surface area (Å²) in [7, 11) is 0. The number of thiocarbonyl (C=S) groups is 1. The third-order valence-corrected chi connectivity index (χ3v) is 6.90. The predicted octanol–water partition coefficient (Wildman–Crippen LogP) is 6.80. The maximum absolute atomic E-state index is 13.6. The number of piperidine rings is 1. The van der Waals surface area contributed by atoms with Gasteiger partial charge >= 0.3 is 0 Å². The smallest absolute Gasteiger partial charge is 0.175 e. The average Bonchev–Trinajstić information content (AvgIpc) is 3.04. The standard InChI is InChI=1S/C25H26ClFN4S/c26-17-11-18(27)13-20(12-17)30-25(32)29-19-5-7-24-22(14-19)23(15-28-24)16-4-6-21-3-1-2-9-31(21)10-8-16/h5,7-8,11-15,21,28H,1-4,6,9-10H2,(H2,29,30,32). The van der Waals surface area contributed by atoms with E-state index in [-0.39, 0.29) is 0 Å². The van der Waals surface area contributed by atoms with Crippen LogP contribution in [0.4, 0.5) is 15.8 Å². The van der Waals surface area contributed by atoms with Crippen molar-refractivity contribution in [1.82, 2.24) is 9.88 Å². The Morgan fingerprint density at radius 3 is 2.84 bits per heavy atom. The van der Waals surface area contributed by atoms with Crippen LogP contribution in [0, 0.1) is 5.82 Å². The summed E-state index contributed by atoms with van der Waals surface area (Å²) in [5.41, 5.74) is 5.17. The number of hydrogen-bond acceptors (Lipinski definition) is 2. The summed E-state index contributed by atoms with van der Waals surface area (Å²) in [5.74, 6) is -0.408. The van der Waals surface area contributed by atoms with E-state index in [1.807, 2.05) is 6.07 Å². The summed E-state index contributed by atoms with van der Waals surface area (Å²) in [6, 6.07) is 11.1. The molecule has 0 aliphatic carbocycles. The van der Waals surface area contributed by atoms with Gasteiger partial charge in [0.05, 0.1) is 0 Å². The van der Waals surface area contributed by atoms with Gasteiger partial charge in [-0.3, -0.25) is 4.90 Å². The molecule has 0 spiro atoms. The van der Waals surface area contributed by atoms with Crippen LogP contribution in [0.1, 0.15) is 37.7 Å². The van der Waals surface area contributed by atoms with Gasteiger partial charge < -0.3 is 15.6 Å². The van der Waals surface area contributed by atoms with E-state index in [4.69, 9.17) is 23.8 Å². The van der Waals surface area contributed by atoms with Gasteiger partial charge in [0.15, 0.2) is 5.11 Å². The number of aromatic nitrogens is 1. The normalized spacial score (nSPS) is 19.2. The second kappa shape index (κ2) is 9.22. The minimum Gasteiger partial charge on any atom is -0.361 e. The number of halogens is 2. The Bertz CT molecular complexity index is 1170. The number of rotatable bonds is 3. The zero-order valence-electron chi connectivity index (χ0n) is 17.8. The fourth-order valence-corrected chi connectivity index (χ4v) is 5.36. The molecule has 0 amide bonds. The summed E-state index contributed by atoms with van der Waals surface area (Å²) < 4.78 is 13.6. The number of aromatic amines is 1. The number of hydrogen-bond donors (Lipinski definition) is 3. The fourth-order valence-electron chi connectivity index (χ4n) is 4.91. The van der Waals surface area contributed by atoms with Gasteiger partial charge in [-0.2, -0.15) is 0 Å². The Labute approximate surface area is 197 Å². The molecule has 3 N–H and O–H groups in total. The number of anilines is 2. The predicted molar refractivity (Wildman–Crippen MR) is 136 cm³/mol. The zero-order valence-corrected chi connectivity index (χ0v) is 19.3. The van der Waals surface area contributed by atoms with Gasteiger partial charge in [0.1, 0.15) is 5.82 Å². The number of H-pyrrole nitrogens is 1. The Morgan fingerprint density at radius 1 is 1.09 bits per heavy atom. The highest BCUT2D eigenvalue weighted by Crippen LogP contribution is 2.34. The van der Waals surface area contributed by atoms with Gasteiger partial charge in [-0.25, -0.2) is 4.39 Å². The van der Waals surface area contributed by atoms with Crippen molar-refractivity contribution in [3.8, 4) is 0 Å². The summed E-state index contributed by atoms with van der Waals surface area (Å²) in [5, 5.41) is 8.09. The molecule has 2 aliphatic heterocycles. The first kappa shape index (κ1) is 21.4. The maximum Gasteiger partial charge on any atom is 0.175 e. The lowest BCUT2D eigenvalue weighted by Gasteiger charge is -2.33. The van der Waals surface area contributed by atoms with Crippen molar-refractivity contribution >= 4 is 56.8 Å². The third kappa shape index (κ3) is 4.68. The second-order valence-corrected chi connectivity index (χ2v) is 9.46. The molecular formula is C25H26ClFN4S. The highest BCUT2D eigenvalue weighted by molar-refractivity contribution is 7.80. The lowest BCUT2D eigenvalue weighted by molar-refractivity contribution is 0.161. The van der Waals surface area contributed by atoms with Gasteiger partial charge in [0.2, 0.25) is 0 Å². The van der Waals surface area contributed by atoms with Gasteiger partial charge in [-0.05, 0) is 86.4 Å². The molecular weight excluding hydrogens is 443 g/mol. The summed E-state index contributed by atoms with van der Waals surface area (Å²) in [6.07, 6.45) is 10.9. The third-order valence-electron chi connectivity index (χ3n) is 6.47. The SMILES string of the molecule is Fc1cc(Cl)cc(NC(=S)Nc2ccc3[nH]cc(C4=CCN5CCCCC5CC4)c3c2)c1. The molecule has 1 fully saturated rings. The van der Waals surface area contributed by atoms with E-state index in [2.05, 4.69) is 44.9 Å². The highest BCUT2D eigenvalue weighted by Gasteiger charge is 2.24. The molecule has 2 aromatic carbocycles. The first-order chi connectivity index (χ1) is 15.5. The summed E-state index contributed by atoms with van der Waals surface area (Å²) in [4.78, 5) is 6.05. The summed E-state index contributed by atoms with van der Waals surface area (Å²) in [6.45, 7) is 2.26. The quantitative estimate of drug-likeness (QED) is 0.370. The number of nitrogens with zero attached hydrogens (tertiary/aromatic N) is 1. The number of benzene rings is 2. The molecule has 0 radical (unpaired) electrons.